The number of ether oxygens (including phenoxy) is 2. The average molecular weight is 322 g/mol. The van der Waals surface area contributed by atoms with E-state index in [1.165, 1.54) is 0 Å². The van der Waals surface area contributed by atoms with Crippen molar-refractivity contribution < 1.29 is 9.47 Å². The van der Waals surface area contributed by atoms with E-state index in [2.05, 4.69) is 20.5 Å². The van der Waals surface area contributed by atoms with Gasteiger partial charge in [-0.05, 0) is 38.1 Å². The third-order valence-electron chi connectivity index (χ3n) is 4.22. The zero-order valence-electron chi connectivity index (χ0n) is 13.6. The Morgan fingerprint density at radius 3 is 1.25 bits per heavy atom. The molecule has 0 amide bonds. The molecule has 0 saturated carbocycles. The summed E-state index contributed by atoms with van der Waals surface area (Å²) in [5, 5.41) is 16.1. The van der Waals surface area contributed by atoms with Crippen LogP contribution in [0.25, 0.3) is 0 Å². The van der Waals surface area contributed by atoms with Crippen molar-refractivity contribution in [3.63, 3.8) is 0 Å². The molecule has 2 aromatic carbocycles. The lowest BCUT2D eigenvalue weighted by Gasteiger charge is -2.10. The molecule has 2 aromatic rings. The van der Waals surface area contributed by atoms with E-state index < -0.39 is 0 Å². The van der Waals surface area contributed by atoms with Gasteiger partial charge in [-0.3, -0.25) is 0 Å². The monoisotopic (exact) mass is 322 g/mol. The largest absolute Gasteiger partial charge is 0.490 e. The topological polar surface area (TPSA) is 67.9 Å². The highest BCUT2D eigenvalue weighted by Crippen LogP contribution is 2.39. The van der Waals surface area contributed by atoms with Crippen LogP contribution in [0.5, 0.6) is 11.5 Å². The normalized spacial score (nSPS) is 18.2. The summed E-state index contributed by atoms with van der Waals surface area (Å²) >= 11 is 0. The highest BCUT2D eigenvalue weighted by atomic mass is 16.5. The van der Waals surface area contributed by atoms with Gasteiger partial charge < -0.3 is 9.47 Å². The summed E-state index contributed by atoms with van der Waals surface area (Å²) < 4.78 is 11.4. The molecule has 0 bridgehead atoms. The van der Waals surface area contributed by atoms with Crippen LogP contribution >= 0.6 is 0 Å². The van der Waals surface area contributed by atoms with Crippen LogP contribution in [0, 0.1) is 0 Å². The Hall–Kier alpha value is -2.76. The van der Waals surface area contributed by atoms with Gasteiger partial charge >= 0.3 is 0 Å². The van der Waals surface area contributed by atoms with Crippen LogP contribution in [-0.2, 0) is 11.3 Å². The third kappa shape index (κ3) is 2.99. The molecule has 122 valence electrons. The molecule has 4 rings (SSSR count). The molecule has 6 heteroatoms. The van der Waals surface area contributed by atoms with E-state index in [1.807, 2.05) is 62.4 Å². The molecule has 0 saturated heterocycles. The van der Waals surface area contributed by atoms with E-state index >= 15 is 0 Å². The summed E-state index contributed by atoms with van der Waals surface area (Å²) in [7, 11) is 0. The number of rotatable bonds is 7. The van der Waals surface area contributed by atoms with E-state index in [4.69, 9.17) is 9.47 Å². The molecule has 0 fully saturated rings. The third-order valence-corrected chi connectivity index (χ3v) is 4.22. The Morgan fingerprint density at radius 2 is 0.958 bits per heavy atom. The molecule has 2 aliphatic heterocycles. The van der Waals surface area contributed by atoms with Crippen LogP contribution in [0.4, 0.5) is 0 Å². The van der Waals surface area contributed by atoms with Crippen LogP contribution in [0.2, 0.25) is 0 Å². The Bertz CT molecular complexity index is 715. The fraction of sp³-hybridized carbons (Fsp3) is 0.333. The molecule has 24 heavy (non-hydrogen) atoms. The summed E-state index contributed by atoms with van der Waals surface area (Å²) in [6.45, 7) is 4.92. The van der Waals surface area contributed by atoms with Gasteiger partial charge in [0.05, 0.1) is 0 Å². The Balaban J connectivity index is 1.23. The lowest BCUT2D eigenvalue weighted by atomic mass is 10.1. The van der Waals surface area contributed by atoms with Crippen molar-refractivity contribution >= 4 is 0 Å². The minimum absolute atomic E-state index is 0.341. The fourth-order valence-corrected chi connectivity index (χ4v) is 2.43. The van der Waals surface area contributed by atoms with E-state index in [0.29, 0.717) is 13.2 Å². The first-order chi connectivity index (χ1) is 11.6. The van der Waals surface area contributed by atoms with Crippen LogP contribution in [-0.4, -0.2) is 13.2 Å². The number of nitrogens with zero attached hydrogens (tertiary/aromatic N) is 4. The van der Waals surface area contributed by atoms with Gasteiger partial charge in [0, 0.05) is 11.1 Å². The van der Waals surface area contributed by atoms with Crippen LogP contribution < -0.4 is 9.47 Å². The lowest BCUT2D eigenvalue weighted by Crippen LogP contribution is -2.09. The zero-order valence-corrected chi connectivity index (χ0v) is 13.6. The molecular weight excluding hydrogens is 304 g/mol. The van der Waals surface area contributed by atoms with Gasteiger partial charge in [-0.15, -0.1) is 0 Å². The van der Waals surface area contributed by atoms with Gasteiger partial charge in [-0.1, -0.05) is 24.3 Å². The van der Waals surface area contributed by atoms with Gasteiger partial charge in [0.15, 0.2) is 0 Å². The first-order valence-corrected chi connectivity index (χ1v) is 7.92. The molecule has 0 aliphatic carbocycles. The Morgan fingerprint density at radius 1 is 0.625 bits per heavy atom. The number of hydrogen-bond donors (Lipinski definition) is 0. The summed E-state index contributed by atoms with van der Waals surface area (Å²) in [4.78, 5) is 0. The maximum absolute atomic E-state index is 5.69. The number of benzene rings is 2. The van der Waals surface area contributed by atoms with Crippen molar-refractivity contribution in [1.82, 2.24) is 0 Å². The maximum atomic E-state index is 5.69. The second-order valence-electron chi connectivity index (χ2n) is 6.19. The van der Waals surface area contributed by atoms with E-state index in [9.17, 15) is 0 Å². The van der Waals surface area contributed by atoms with Gasteiger partial charge in [-0.2, -0.15) is 20.5 Å². The van der Waals surface area contributed by atoms with Crippen molar-refractivity contribution in [2.75, 3.05) is 13.2 Å². The fourth-order valence-electron chi connectivity index (χ4n) is 2.43. The maximum Gasteiger partial charge on any atom is 0.213 e. The molecule has 0 radical (unpaired) electrons. The van der Waals surface area contributed by atoms with Crippen molar-refractivity contribution in [1.29, 1.82) is 0 Å². The molecule has 0 unspecified atom stereocenters. The van der Waals surface area contributed by atoms with Gasteiger partial charge in [0.1, 0.15) is 24.7 Å². The molecule has 2 heterocycles. The minimum Gasteiger partial charge on any atom is -0.490 e. The van der Waals surface area contributed by atoms with Crippen LogP contribution in [0.1, 0.15) is 25.0 Å². The predicted molar refractivity (Wildman–Crippen MR) is 88.3 cm³/mol. The molecule has 0 N–H and O–H groups in total. The quantitative estimate of drug-likeness (QED) is 0.708. The van der Waals surface area contributed by atoms with Gasteiger partial charge in [-0.25, -0.2) is 0 Å². The van der Waals surface area contributed by atoms with E-state index in [0.717, 1.165) is 22.6 Å². The molecule has 6 nitrogen and oxygen atoms in total. The SMILES string of the molecule is CC1(c2ccc(OCCOc3ccc(C4(C)N=N4)cc3)cc2)N=N1. The van der Waals surface area contributed by atoms with Gasteiger partial charge in [0.25, 0.3) is 0 Å². The predicted octanol–water partition coefficient (Wildman–Crippen LogP) is 4.42. The smallest absolute Gasteiger partial charge is 0.213 e. The van der Waals surface area contributed by atoms with E-state index in [1.54, 1.807) is 0 Å². The summed E-state index contributed by atoms with van der Waals surface area (Å²) in [6, 6.07) is 15.7. The average Bonchev–Trinajstić information content (AvgIpc) is 3.53. The summed E-state index contributed by atoms with van der Waals surface area (Å²) in [5.74, 6) is 1.62. The molecular formula is C18H18N4O2. The van der Waals surface area contributed by atoms with Crippen molar-refractivity contribution in [2.45, 2.75) is 25.2 Å². The minimum atomic E-state index is -0.341. The second-order valence-corrected chi connectivity index (χ2v) is 6.19. The Kier molecular flexibility index (Phi) is 3.33. The molecule has 0 aromatic heterocycles. The second kappa shape index (κ2) is 5.40. The van der Waals surface area contributed by atoms with Crippen LogP contribution in [0.15, 0.2) is 69.0 Å². The standard InChI is InChI=1S/C18H18N4O2/c1-17(19-20-17)13-3-7-15(8-4-13)23-11-12-24-16-9-5-14(6-10-16)18(2)21-22-18/h3-10H,11-12H2,1-2H3. The molecule has 2 aliphatic rings. The molecule has 0 atom stereocenters. The summed E-state index contributed by atoms with van der Waals surface area (Å²) in [5.41, 5.74) is 1.47. The molecule has 0 spiro atoms. The lowest BCUT2D eigenvalue weighted by molar-refractivity contribution is 0.217. The zero-order chi connectivity index (χ0) is 16.6. The first-order valence-electron chi connectivity index (χ1n) is 7.92. The van der Waals surface area contributed by atoms with Crippen LogP contribution in [0.3, 0.4) is 0 Å². The summed E-state index contributed by atoms with van der Waals surface area (Å²) in [6.07, 6.45) is 0. The van der Waals surface area contributed by atoms with Crippen molar-refractivity contribution in [2.24, 2.45) is 20.5 Å². The first kappa shape index (κ1) is 14.8. The number of hydrogen-bond acceptors (Lipinski definition) is 6. The highest BCUT2D eigenvalue weighted by Gasteiger charge is 2.36. The highest BCUT2D eigenvalue weighted by molar-refractivity contribution is 5.34. The van der Waals surface area contributed by atoms with Crippen molar-refractivity contribution in [3.05, 3.63) is 59.7 Å². The van der Waals surface area contributed by atoms with E-state index in [-0.39, 0.29) is 11.3 Å². The van der Waals surface area contributed by atoms with Crippen molar-refractivity contribution in [3.8, 4) is 11.5 Å². The Labute approximate surface area is 140 Å². The van der Waals surface area contributed by atoms with Gasteiger partial charge in [0.2, 0.25) is 11.3 Å².